The molecule has 0 unspecified atom stereocenters. The lowest BCUT2D eigenvalue weighted by atomic mass is 10.3. The van der Waals surface area contributed by atoms with E-state index in [9.17, 15) is 4.79 Å². The lowest BCUT2D eigenvalue weighted by Gasteiger charge is -2.08. The molecule has 0 radical (unpaired) electrons. The van der Waals surface area contributed by atoms with Gasteiger partial charge in [0, 0.05) is 24.4 Å². The van der Waals surface area contributed by atoms with Crippen molar-refractivity contribution in [2.24, 2.45) is 5.73 Å². The quantitative estimate of drug-likeness (QED) is 0.714. The van der Waals surface area contributed by atoms with Crippen molar-refractivity contribution in [1.29, 1.82) is 0 Å². The highest BCUT2D eigenvalue weighted by Crippen LogP contribution is 2.34. The zero-order chi connectivity index (χ0) is 9.26. The third kappa shape index (κ3) is 1.62. The van der Waals surface area contributed by atoms with Crippen molar-refractivity contribution in [3.63, 3.8) is 0 Å². The topological polar surface area (TPSA) is 60.9 Å². The van der Waals surface area contributed by atoms with Gasteiger partial charge in [-0.05, 0) is 25.5 Å². The second kappa shape index (κ2) is 3.30. The third-order valence-corrected chi connectivity index (χ3v) is 2.28. The Kier molecular flexibility index (Phi) is 2.14. The summed E-state index contributed by atoms with van der Waals surface area (Å²) in [6.45, 7) is 0.580. The van der Waals surface area contributed by atoms with Gasteiger partial charge in [0.15, 0.2) is 0 Å². The maximum atomic E-state index is 11.4. The molecule has 0 bridgehead atoms. The first kappa shape index (κ1) is 8.44. The van der Waals surface area contributed by atoms with Gasteiger partial charge in [0.05, 0.1) is 0 Å². The van der Waals surface area contributed by atoms with Crippen molar-refractivity contribution in [3.8, 4) is 0 Å². The number of rotatable bonds is 3. The molecule has 70 valence electrons. The van der Waals surface area contributed by atoms with E-state index in [1.165, 1.54) is 0 Å². The van der Waals surface area contributed by atoms with Gasteiger partial charge in [0.25, 0.3) is 0 Å². The van der Waals surface area contributed by atoms with Crippen molar-refractivity contribution in [2.75, 3.05) is 6.54 Å². The van der Waals surface area contributed by atoms with Crippen molar-refractivity contribution in [2.45, 2.75) is 25.3 Å². The van der Waals surface area contributed by atoms with E-state index in [1.54, 1.807) is 10.8 Å². The van der Waals surface area contributed by atoms with Gasteiger partial charge in [-0.25, -0.2) is 9.78 Å². The molecule has 0 amide bonds. The van der Waals surface area contributed by atoms with Crippen LogP contribution in [0.3, 0.4) is 0 Å². The Balaban J connectivity index is 2.41. The van der Waals surface area contributed by atoms with Crippen LogP contribution in [0, 0.1) is 0 Å². The first-order valence-corrected chi connectivity index (χ1v) is 4.59. The Hall–Kier alpha value is -1.16. The standard InChI is InChI=1S/C9H13N3O/c10-5-3-8-4-6-11-9(13)12(8)7-1-2-7/h4,6-7H,1-3,5,10H2. The van der Waals surface area contributed by atoms with Crippen molar-refractivity contribution in [3.05, 3.63) is 28.4 Å². The van der Waals surface area contributed by atoms with E-state index in [1.807, 2.05) is 6.07 Å². The molecule has 0 aromatic carbocycles. The fourth-order valence-corrected chi connectivity index (χ4v) is 1.53. The summed E-state index contributed by atoms with van der Waals surface area (Å²) in [4.78, 5) is 15.2. The lowest BCUT2D eigenvalue weighted by molar-refractivity contribution is 0.633. The molecule has 1 fully saturated rings. The monoisotopic (exact) mass is 179 g/mol. The van der Waals surface area contributed by atoms with Crippen LogP contribution in [0.25, 0.3) is 0 Å². The number of aromatic nitrogens is 2. The van der Waals surface area contributed by atoms with Gasteiger partial charge in [-0.1, -0.05) is 0 Å². The van der Waals surface area contributed by atoms with E-state index in [0.29, 0.717) is 12.6 Å². The number of hydrogen-bond acceptors (Lipinski definition) is 3. The van der Waals surface area contributed by atoms with Crippen LogP contribution in [0.5, 0.6) is 0 Å². The highest BCUT2D eigenvalue weighted by molar-refractivity contribution is 5.05. The van der Waals surface area contributed by atoms with Crippen LogP contribution in [0.4, 0.5) is 0 Å². The minimum atomic E-state index is -0.131. The summed E-state index contributed by atoms with van der Waals surface area (Å²) in [5.74, 6) is 0. The molecule has 1 saturated carbocycles. The number of hydrogen-bond donors (Lipinski definition) is 1. The van der Waals surface area contributed by atoms with Crippen molar-refractivity contribution < 1.29 is 0 Å². The summed E-state index contributed by atoms with van der Waals surface area (Å²) in [7, 11) is 0. The molecule has 4 nitrogen and oxygen atoms in total. The molecule has 13 heavy (non-hydrogen) atoms. The molecular weight excluding hydrogens is 166 g/mol. The molecule has 1 aliphatic rings. The van der Waals surface area contributed by atoms with Crippen LogP contribution < -0.4 is 11.4 Å². The second-order valence-corrected chi connectivity index (χ2v) is 3.36. The smallest absolute Gasteiger partial charge is 0.330 e. The maximum absolute atomic E-state index is 11.4. The predicted molar refractivity (Wildman–Crippen MR) is 49.5 cm³/mol. The van der Waals surface area contributed by atoms with Crippen LogP contribution in [-0.4, -0.2) is 16.1 Å². The molecule has 1 aromatic rings. The van der Waals surface area contributed by atoms with E-state index in [0.717, 1.165) is 25.0 Å². The molecule has 1 aliphatic carbocycles. The summed E-state index contributed by atoms with van der Waals surface area (Å²) >= 11 is 0. The van der Waals surface area contributed by atoms with E-state index < -0.39 is 0 Å². The minimum absolute atomic E-state index is 0.131. The molecule has 1 aromatic heterocycles. The van der Waals surface area contributed by atoms with Gasteiger partial charge in [-0.2, -0.15) is 0 Å². The predicted octanol–water partition coefficient (Wildman–Crippen LogP) is 0.0794. The van der Waals surface area contributed by atoms with Crippen molar-refractivity contribution >= 4 is 0 Å². The van der Waals surface area contributed by atoms with Gasteiger partial charge < -0.3 is 5.73 Å². The summed E-state index contributed by atoms with van der Waals surface area (Å²) in [6.07, 6.45) is 4.52. The second-order valence-electron chi connectivity index (χ2n) is 3.36. The molecule has 0 atom stereocenters. The van der Waals surface area contributed by atoms with Crippen LogP contribution >= 0.6 is 0 Å². The maximum Gasteiger partial charge on any atom is 0.347 e. The normalized spacial score (nSPS) is 16.1. The third-order valence-electron chi connectivity index (χ3n) is 2.28. The lowest BCUT2D eigenvalue weighted by Crippen LogP contribution is -2.25. The summed E-state index contributed by atoms with van der Waals surface area (Å²) in [6, 6.07) is 2.27. The van der Waals surface area contributed by atoms with Crippen LogP contribution in [0.1, 0.15) is 24.6 Å². The first-order valence-electron chi connectivity index (χ1n) is 4.59. The summed E-state index contributed by atoms with van der Waals surface area (Å²) in [5, 5.41) is 0. The highest BCUT2D eigenvalue weighted by atomic mass is 16.1. The van der Waals surface area contributed by atoms with Gasteiger partial charge in [0.1, 0.15) is 0 Å². The van der Waals surface area contributed by atoms with Gasteiger partial charge in [0.2, 0.25) is 0 Å². The molecule has 0 spiro atoms. The Morgan fingerprint density at radius 1 is 1.62 bits per heavy atom. The molecule has 4 heteroatoms. The van der Waals surface area contributed by atoms with E-state index >= 15 is 0 Å². The van der Waals surface area contributed by atoms with Crippen LogP contribution in [0.2, 0.25) is 0 Å². The average Bonchev–Trinajstić information content (AvgIpc) is 2.88. The number of nitrogens with two attached hydrogens (primary N) is 1. The Labute approximate surface area is 76.4 Å². The molecule has 2 rings (SSSR count). The number of nitrogens with zero attached hydrogens (tertiary/aromatic N) is 2. The van der Waals surface area contributed by atoms with E-state index in [4.69, 9.17) is 5.73 Å². The zero-order valence-corrected chi connectivity index (χ0v) is 7.44. The highest BCUT2D eigenvalue weighted by Gasteiger charge is 2.26. The zero-order valence-electron chi connectivity index (χ0n) is 7.44. The van der Waals surface area contributed by atoms with Crippen LogP contribution in [0.15, 0.2) is 17.1 Å². The van der Waals surface area contributed by atoms with E-state index in [2.05, 4.69) is 4.98 Å². The molecule has 2 N–H and O–H groups in total. The first-order chi connectivity index (χ1) is 6.33. The van der Waals surface area contributed by atoms with Gasteiger partial charge in [-0.3, -0.25) is 4.57 Å². The largest absolute Gasteiger partial charge is 0.347 e. The molecule has 1 heterocycles. The Bertz CT molecular complexity index is 354. The Morgan fingerprint density at radius 2 is 2.38 bits per heavy atom. The molecule has 0 saturated heterocycles. The van der Waals surface area contributed by atoms with Crippen molar-refractivity contribution in [1.82, 2.24) is 9.55 Å². The summed E-state index contributed by atoms with van der Waals surface area (Å²) in [5.41, 5.74) is 6.35. The fraction of sp³-hybridized carbons (Fsp3) is 0.556. The van der Waals surface area contributed by atoms with Gasteiger partial charge >= 0.3 is 5.69 Å². The molecular formula is C9H13N3O. The fourth-order valence-electron chi connectivity index (χ4n) is 1.53. The van der Waals surface area contributed by atoms with E-state index in [-0.39, 0.29) is 5.69 Å². The Morgan fingerprint density at radius 3 is 3.00 bits per heavy atom. The summed E-state index contributed by atoms with van der Waals surface area (Å²) < 4.78 is 1.78. The van der Waals surface area contributed by atoms with Gasteiger partial charge in [-0.15, -0.1) is 0 Å². The van der Waals surface area contributed by atoms with Crippen LogP contribution in [-0.2, 0) is 6.42 Å². The minimum Gasteiger partial charge on any atom is -0.330 e. The average molecular weight is 179 g/mol. The molecule has 0 aliphatic heterocycles. The SMILES string of the molecule is NCCc1ccnc(=O)n1C1CC1.